The maximum absolute atomic E-state index is 2.53. The Hall–Kier alpha value is -11.1. The monoisotopic (exact) mass is 1150 g/mol. The third-order valence-electron chi connectivity index (χ3n) is 19.8. The SMILES string of the molecule is CC1(C)c2cc(-c3ccc(/C=C/c4ccc(-c5ccc6c(c5)c5ccccc5n6-c5ccccc5)cc4)cc3)ccc2-c2cc3c(cc21)-c1ccc(-c2ccc(/C=C/c4ccc(-c5ccc6c(c5)c5ccccc5n6-c5ccccc5)cc4)cc2)cc1C3(C)C. The van der Waals surface area contributed by atoms with Gasteiger partial charge in [0.1, 0.15) is 0 Å². The van der Waals surface area contributed by atoms with Crippen LogP contribution >= 0.6 is 0 Å². The molecule has 0 radical (unpaired) electrons. The predicted octanol–water partition coefficient (Wildman–Crippen LogP) is 23.5. The molecule has 0 saturated carbocycles. The minimum absolute atomic E-state index is 0.154. The highest BCUT2D eigenvalue weighted by Gasteiger charge is 2.42. The van der Waals surface area contributed by atoms with E-state index in [0.29, 0.717) is 0 Å². The van der Waals surface area contributed by atoms with E-state index in [4.69, 9.17) is 0 Å². The summed E-state index contributed by atoms with van der Waals surface area (Å²) in [4.78, 5) is 0. The Morgan fingerprint density at radius 1 is 0.222 bits per heavy atom. The molecule has 2 heterocycles. The van der Waals surface area contributed by atoms with Gasteiger partial charge in [0.05, 0.1) is 22.1 Å². The molecule has 0 amide bonds. The Morgan fingerprint density at radius 3 is 0.856 bits per heavy atom. The van der Waals surface area contributed by atoms with E-state index in [9.17, 15) is 0 Å². The van der Waals surface area contributed by atoms with Gasteiger partial charge in [-0.15, -0.1) is 0 Å². The van der Waals surface area contributed by atoms with Crippen molar-refractivity contribution in [1.29, 1.82) is 0 Å². The average molecular weight is 1150 g/mol. The molecule has 2 aliphatic rings. The van der Waals surface area contributed by atoms with Crippen molar-refractivity contribution in [2.24, 2.45) is 0 Å². The molecule has 17 rings (SSSR count). The summed E-state index contributed by atoms with van der Waals surface area (Å²) in [5.74, 6) is 0. The molecule has 0 saturated heterocycles. The molecule has 2 nitrogen and oxygen atoms in total. The van der Waals surface area contributed by atoms with Crippen LogP contribution in [0.3, 0.4) is 0 Å². The molecule has 2 aromatic heterocycles. The molecule has 2 heteroatoms. The van der Waals surface area contributed by atoms with Crippen molar-refractivity contribution in [3.05, 3.63) is 336 Å². The largest absolute Gasteiger partial charge is 0.309 e. The number of hydrogen-bond acceptors (Lipinski definition) is 0. The predicted molar refractivity (Wildman–Crippen MR) is 383 cm³/mol. The van der Waals surface area contributed by atoms with Crippen molar-refractivity contribution >= 4 is 67.9 Å². The molecular formula is C88H64N2. The third-order valence-corrected chi connectivity index (χ3v) is 19.8. The zero-order chi connectivity index (χ0) is 60.2. The first-order chi connectivity index (χ1) is 44.1. The summed E-state index contributed by atoms with van der Waals surface area (Å²) in [6.07, 6.45) is 8.87. The lowest BCUT2D eigenvalue weighted by molar-refractivity contribution is 0.652. The van der Waals surface area contributed by atoms with Gasteiger partial charge in [-0.3, -0.25) is 0 Å². The molecule has 0 N–H and O–H groups in total. The Labute approximate surface area is 526 Å². The molecule has 0 aliphatic heterocycles. The van der Waals surface area contributed by atoms with E-state index in [-0.39, 0.29) is 10.8 Å². The fourth-order valence-electron chi connectivity index (χ4n) is 14.9. The summed E-state index contributed by atoms with van der Waals surface area (Å²) in [6, 6.07) is 108. The van der Waals surface area contributed by atoms with Gasteiger partial charge < -0.3 is 9.13 Å². The average Bonchev–Trinajstić information content (AvgIpc) is 1.55. The van der Waals surface area contributed by atoms with Crippen LogP contribution in [0.15, 0.2) is 291 Å². The quantitative estimate of drug-likeness (QED) is 0.121. The fraction of sp³-hybridized carbons (Fsp3) is 0.0682. The molecule has 15 aromatic rings. The van der Waals surface area contributed by atoms with E-state index >= 15 is 0 Å². The maximum atomic E-state index is 2.53. The molecule has 0 bridgehead atoms. The summed E-state index contributed by atoms with van der Waals surface area (Å²) < 4.78 is 4.74. The zero-order valence-corrected chi connectivity index (χ0v) is 50.9. The van der Waals surface area contributed by atoms with Gasteiger partial charge in [0.2, 0.25) is 0 Å². The summed E-state index contributed by atoms with van der Waals surface area (Å²) in [5, 5.41) is 5.06. The van der Waals surface area contributed by atoms with Crippen molar-refractivity contribution in [1.82, 2.24) is 9.13 Å². The lowest BCUT2D eigenvalue weighted by atomic mass is 9.79. The van der Waals surface area contributed by atoms with Gasteiger partial charge in [0.25, 0.3) is 0 Å². The number of hydrogen-bond donors (Lipinski definition) is 0. The minimum Gasteiger partial charge on any atom is -0.309 e. The van der Waals surface area contributed by atoms with Crippen LogP contribution in [0.1, 0.15) is 72.2 Å². The van der Waals surface area contributed by atoms with Gasteiger partial charge in [-0.2, -0.15) is 0 Å². The van der Waals surface area contributed by atoms with E-state index in [1.165, 1.54) is 166 Å². The lowest BCUT2D eigenvalue weighted by Crippen LogP contribution is -2.17. The second kappa shape index (κ2) is 20.8. The highest BCUT2D eigenvalue weighted by molar-refractivity contribution is 6.12. The van der Waals surface area contributed by atoms with Crippen molar-refractivity contribution in [2.45, 2.75) is 38.5 Å². The minimum atomic E-state index is -0.154. The first kappa shape index (κ1) is 53.2. The van der Waals surface area contributed by atoms with Gasteiger partial charge in [-0.25, -0.2) is 0 Å². The fourth-order valence-corrected chi connectivity index (χ4v) is 14.9. The van der Waals surface area contributed by atoms with Crippen molar-refractivity contribution < 1.29 is 0 Å². The molecule has 0 unspecified atom stereocenters. The molecule has 0 spiro atoms. The van der Waals surface area contributed by atoms with Crippen LogP contribution in [0, 0.1) is 0 Å². The number of nitrogens with zero attached hydrogens (tertiary/aromatic N) is 2. The number of para-hydroxylation sites is 4. The molecule has 426 valence electrons. The summed E-state index contributed by atoms with van der Waals surface area (Å²) in [6.45, 7) is 9.64. The normalized spacial score (nSPS) is 13.6. The van der Waals surface area contributed by atoms with Gasteiger partial charge in [-0.05, 0) is 196 Å². The summed E-state index contributed by atoms with van der Waals surface area (Å²) >= 11 is 0. The van der Waals surface area contributed by atoms with Crippen LogP contribution in [0.5, 0.6) is 0 Å². The van der Waals surface area contributed by atoms with Crippen LogP contribution in [0.25, 0.3) is 146 Å². The van der Waals surface area contributed by atoms with E-state index in [0.717, 1.165) is 0 Å². The molecule has 90 heavy (non-hydrogen) atoms. The van der Waals surface area contributed by atoms with Gasteiger partial charge in [0.15, 0.2) is 0 Å². The number of benzene rings is 13. The standard InChI is InChI=1S/C88H64N2/c1-87(2)79-53-67(63-39-31-59(32-40-63)25-23-57-27-35-61(36-28-57)65-45-49-85-77(51-65)73-19-11-13-21-83(73)89(85)69-15-7-5-8-16-69)43-47-71(79)75-56-82-76(55-81(75)87)72-48-44-68(54-80(72)88(82,3)4)64-41-33-60(34-42-64)26-24-58-29-37-62(38-30-58)66-46-50-86-78(52-66)74-20-12-14-22-84(74)90(86)70-17-9-6-10-18-70/h5-56H,1-4H3/b25-23+,26-24+. The van der Waals surface area contributed by atoms with Crippen molar-refractivity contribution in [2.75, 3.05) is 0 Å². The highest BCUT2D eigenvalue weighted by Crippen LogP contribution is 2.57. The lowest BCUT2D eigenvalue weighted by Gasteiger charge is -2.24. The van der Waals surface area contributed by atoms with Gasteiger partial charge >= 0.3 is 0 Å². The highest BCUT2D eigenvalue weighted by atomic mass is 15.0. The Kier molecular flexibility index (Phi) is 12.3. The second-order valence-electron chi connectivity index (χ2n) is 25.7. The van der Waals surface area contributed by atoms with E-state index in [2.05, 4.69) is 352 Å². The first-order valence-corrected chi connectivity index (χ1v) is 31.5. The molecule has 2 aliphatic carbocycles. The third kappa shape index (κ3) is 8.77. The Balaban J connectivity index is 0.566. The molecule has 0 atom stereocenters. The molecule has 0 fully saturated rings. The zero-order valence-electron chi connectivity index (χ0n) is 50.9. The summed E-state index contributed by atoms with van der Waals surface area (Å²) in [7, 11) is 0. The van der Waals surface area contributed by atoms with Gasteiger partial charge in [-0.1, -0.05) is 258 Å². The van der Waals surface area contributed by atoms with Crippen LogP contribution in [-0.4, -0.2) is 9.13 Å². The van der Waals surface area contributed by atoms with Crippen LogP contribution in [0.2, 0.25) is 0 Å². The number of rotatable bonds is 10. The van der Waals surface area contributed by atoms with E-state index in [1.54, 1.807) is 0 Å². The molecule has 13 aromatic carbocycles. The Bertz CT molecular complexity index is 5060. The van der Waals surface area contributed by atoms with Crippen LogP contribution < -0.4 is 0 Å². The topological polar surface area (TPSA) is 9.86 Å². The summed E-state index contributed by atoms with van der Waals surface area (Å²) in [5.41, 5.74) is 32.5. The maximum Gasteiger partial charge on any atom is 0.0541 e. The van der Waals surface area contributed by atoms with E-state index < -0.39 is 0 Å². The van der Waals surface area contributed by atoms with Crippen LogP contribution in [0.4, 0.5) is 0 Å². The van der Waals surface area contributed by atoms with Gasteiger partial charge in [0, 0.05) is 43.7 Å². The number of aromatic nitrogens is 2. The molecular weight excluding hydrogens is 1080 g/mol. The second-order valence-corrected chi connectivity index (χ2v) is 25.7. The van der Waals surface area contributed by atoms with Crippen LogP contribution in [-0.2, 0) is 10.8 Å². The van der Waals surface area contributed by atoms with Crippen molar-refractivity contribution in [3.63, 3.8) is 0 Å². The first-order valence-electron chi connectivity index (χ1n) is 31.5. The Morgan fingerprint density at radius 2 is 0.500 bits per heavy atom. The van der Waals surface area contributed by atoms with E-state index in [1.807, 2.05) is 0 Å². The number of fused-ring (bicyclic) bond motifs is 12. The smallest absolute Gasteiger partial charge is 0.0541 e. The van der Waals surface area contributed by atoms with Crippen molar-refractivity contribution in [3.8, 4) is 78.1 Å².